The van der Waals surface area contributed by atoms with Crippen molar-refractivity contribution in [2.24, 2.45) is 5.92 Å². The Balaban J connectivity index is 1.99. The minimum absolute atomic E-state index is 0.201. The second-order valence-electron chi connectivity index (χ2n) is 5.81. The fraction of sp³-hybridized carbons (Fsp3) is 0.529. The van der Waals surface area contributed by atoms with Crippen LogP contribution in [-0.4, -0.2) is 35.6 Å². The van der Waals surface area contributed by atoms with Gasteiger partial charge in [0.15, 0.2) is 11.5 Å². The normalized spacial score (nSPS) is 14.9. The average molecular weight is 353 g/mol. The summed E-state index contributed by atoms with van der Waals surface area (Å²) in [5.74, 6) is -0.00474. The van der Waals surface area contributed by atoms with Crippen LogP contribution in [0.1, 0.15) is 31.7 Å². The summed E-state index contributed by atoms with van der Waals surface area (Å²) in [6.45, 7) is 2.18. The zero-order valence-corrected chi connectivity index (χ0v) is 14.6. The van der Waals surface area contributed by atoms with E-state index in [1.54, 1.807) is 0 Å². The Kier molecular flexibility index (Phi) is 6.78. The lowest BCUT2D eigenvalue weighted by Crippen LogP contribution is -2.44. The van der Waals surface area contributed by atoms with Gasteiger partial charge < -0.3 is 19.9 Å². The maximum atomic E-state index is 12.4. The van der Waals surface area contributed by atoms with E-state index < -0.39 is 17.9 Å². The molecule has 24 heavy (non-hydrogen) atoms. The van der Waals surface area contributed by atoms with E-state index in [1.165, 1.54) is 0 Å². The number of unbranched alkanes of at least 4 members (excludes halogenated alkanes) is 1. The molecule has 7 heteroatoms. The van der Waals surface area contributed by atoms with Crippen LogP contribution >= 0.6 is 12.6 Å². The van der Waals surface area contributed by atoms with Crippen LogP contribution in [0.4, 0.5) is 0 Å². The molecule has 1 aliphatic rings. The van der Waals surface area contributed by atoms with Gasteiger partial charge in [-0.25, -0.2) is 4.79 Å². The van der Waals surface area contributed by atoms with Crippen molar-refractivity contribution >= 4 is 24.5 Å². The number of amides is 1. The van der Waals surface area contributed by atoms with E-state index in [2.05, 4.69) is 17.9 Å². The summed E-state index contributed by atoms with van der Waals surface area (Å²) in [6, 6.07) is 4.68. The van der Waals surface area contributed by atoms with E-state index in [9.17, 15) is 14.7 Å². The van der Waals surface area contributed by atoms with Gasteiger partial charge in [-0.05, 0) is 30.5 Å². The Labute approximate surface area is 146 Å². The van der Waals surface area contributed by atoms with Crippen molar-refractivity contribution in [1.29, 1.82) is 0 Å². The summed E-state index contributed by atoms with van der Waals surface area (Å²) in [4.78, 5) is 23.7. The first-order chi connectivity index (χ1) is 11.5. The predicted molar refractivity (Wildman–Crippen MR) is 92.7 cm³/mol. The highest BCUT2D eigenvalue weighted by Gasteiger charge is 2.25. The molecule has 0 bridgehead atoms. The van der Waals surface area contributed by atoms with Crippen LogP contribution in [0.5, 0.6) is 11.5 Å². The summed E-state index contributed by atoms with van der Waals surface area (Å²) in [5, 5.41) is 11.9. The lowest BCUT2D eigenvalue weighted by molar-refractivity contribution is -0.142. The molecular formula is C17H23NO5S. The fourth-order valence-corrected chi connectivity index (χ4v) is 2.84. The number of rotatable bonds is 9. The van der Waals surface area contributed by atoms with Crippen molar-refractivity contribution in [2.75, 3.05) is 12.5 Å². The Bertz CT molecular complexity index is 592. The van der Waals surface area contributed by atoms with Crippen molar-refractivity contribution < 1.29 is 24.2 Å². The zero-order chi connectivity index (χ0) is 17.5. The van der Waals surface area contributed by atoms with Crippen LogP contribution in [0.2, 0.25) is 0 Å². The minimum atomic E-state index is -1.00. The number of nitrogens with one attached hydrogen (secondary N) is 1. The third-order valence-corrected chi connectivity index (χ3v) is 4.41. The van der Waals surface area contributed by atoms with Crippen LogP contribution in [0.15, 0.2) is 18.2 Å². The molecule has 0 saturated carbocycles. The number of fused-ring (bicyclic) bond motifs is 1. The first-order valence-corrected chi connectivity index (χ1v) is 8.71. The molecule has 1 aromatic carbocycles. The lowest BCUT2D eigenvalue weighted by Gasteiger charge is -2.19. The predicted octanol–water partition coefficient (Wildman–Crippen LogP) is 2.26. The molecule has 1 aliphatic heterocycles. The maximum Gasteiger partial charge on any atom is 0.326 e. The van der Waals surface area contributed by atoms with Crippen molar-refractivity contribution in [2.45, 2.75) is 38.6 Å². The molecule has 0 radical (unpaired) electrons. The van der Waals surface area contributed by atoms with Gasteiger partial charge in [0.05, 0.1) is 5.92 Å². The van der Waals surface area contributed by atoms with Crippen molar-refractivity contribution in [3.63, 3.8) is 0 Å². The number of hydrogen-bond acceptors (Lipinski definition) is 5. The third-order valence-electron chi connectivity index (χ3n) is 3.97. The summed E-state index contributed by atoms with van der Waals surface area (Å²) in [6.07, 6.45) is 2.53. The lowest BCUT2D eigenvalue weighted by atomic mass is 9.99. The smallest absolute Gasteiger partial charge is 0.326 e. The number of aliphatic carboxylic acids is 1. The Morgan fingerprint density at radius 2 is 2.08 bits per heavy atom. The number of carboxylic acids is 1. The molecule has 132 valence electrons. The molecule has 2 atom stereocenters. The van der Waals surface area contributed by atoms with Gasteiger partial charge in [-0.1, -0.05) is 25.8 Å². The van der Waals surface area contributed by atoms with E-state index in [-0.39, 0.29) is 12.7 Å². The molecule has 0 aromatic heterocycles. The van der Waals surface area contributed by atoms with Gasteiger partial charge in [0.2, 0.25) is 12.7 Å². The first-order valence-electron chi connectivity index (χ1n) is 8.07. The molecule has 2 rings (SSSR count). The third kappa shape index (κ3) is 4.80. The SMILES string of the molecule is CCCC[C@H](NC(=O)C(CS)Cc1ccc2c(c1)OCO2)C(=O)O. The summed E-state index contributed by atoms with van der Waals surface area (Å²) in [5.41, 5.74) is 0.925. The second kappa shape index (κ2) is 8.82. The zero-order valence-electron chi connectivity index (χ0n) is 13.7. The second-order valence-corrected chi connectivity index (χ2v) is 6.18. The summed E-state index contributed by atoms with van der Waals surface area (Å²) in [7, 11) is 0. The molecule has 1 unspecified atom stereocenters. The molecule has 0 aliphatic carbocycles. The Hall–Kier alpha value is -1.89. The molecule has 1 heterocycles. The minimum Gasteiger partial charge on any atom is -0.480 e. The fourth-order valence-electron chi connectivity index (χ4n) is 2.55. The number of benzene rings is 1. The highest BCUT2D eigenvalue weighted by molar-refractivity contribution is 7.80. The van der Waals surface area contributed by atoms with E-state index in [0.29, 0.717) is 30.1 Å². The highest BCUT2D eigenvalue weighted by atomic mass is 32.1. The van der Waals surface area contributed by atoms with Gasteiger partial charge in [0.1, 0.15) is 6.04 Å². The number of carbonyl (C=O) groups is 2. The van der Waals surface area contributed by atoms with Crippen LogP contribution < -0.4 is 14.8 Å². The maximum absolute atomic E-state index is 12.4. The van der Waals surface area contributed by atoms with E-state index >= 15 is 0 Å². The van der Waals surface area contributed by atoms with Crippen LogP contribution in [0.25, 0.3) is 0 Å². The molecular weight excluding hydrogens is 330 g/mol. The standard InChI is InChI=1S/C17H23NO5S/c1-2-3-4-13(17(20)21)18-16(19)12(9-24)7-11-5-6-14-15(8-11)23-10-22-14/h5-6,8,12-13,24H,2-4,7,9-10H2,1H3,(H,18,19)(H,20,21)/t12?,13-/m0/s1. The van der Waals surface area contributed by atoms with Crippen LogP contribution in [-0.2, 0) is 16.0 Å². The molecule has 0 fully saturated rings. The molecule has 0 saturated heterocycles. The van der Waals surface area contributed by atoms with Crippen molar-refractivity contribution in [3.8, 4) is 11.5 Å². The molecule has 2 N–H and O–H groups in total. The van der Waals surface area contributed by atoms with Gasteiger partial charge in [-0.3, -0.25) is 4.79 Å². The van der Waals surface area contributed by atoms with Gasteiger partial charge in [-0.2, -0.15) is 12.6 Å². The first kappa shape index (κ1) is 18.4. The molecule has 6 nitrogen and oxygen atoms in total. The van der Waals surface area contributed by atoms with Gasteiger partial charge in [0.25, 0.3) is 0 Å². The van der Waals surface area contributed by atoms with Gasteiger partial charge in [0, 0.05) is 5.75 Å². The van der Waals surface area contributed by atoms with Gasteiger partial charge >= 0.3 is 5.97 Å². The van der Waals surface area contributed by atoms with Crippen molar-refractivity contribution in [3.05, 3.63) is 23.8 Å². The summed E-state index contributed by atoms with van der Waals surface area (Å²) < 4.78 is 10.6. The monoisotopic (exact) mass is 353 g/mol. The van der Waals surface area contributed by atoms with Crippen LogP contribution in [0, 0.1) is 5.92 Å². The Morgan fingerprint density at radius 3 is 2.75 bits per heavy atom. The topological polar surface area (TPSA) is 84.9 Å². The van der Waals surface area contributed by atoms with E-state index in [0.717, 1.165) is 18.4 Å². The Morgan fingerprint density at radius 1 is 1.33 bits per heavy atom. The number of hydrogen-bond donors (Lipinski definition) is 3. The highest BCUT2D eigenvalue weighted by Crippen LogP contribution is 2.33. The van der Waals surface area contributed by atoms with Crippen LogP contribution in [0.3, 0.4) is 0 Å². The number of thiol groups is 1. The summed E-state index contributed by atoms with van der Waals surface area (Å²) >= 11 is 4.25. The average Bonchev–Trinajstić information content (AvgIpc) is 3.03. The van der Waals surface area contributed by atoms with E-state index in [4.69, 9.17) is 9.47 Å². The number of carboxylic acid groups (broad SMARTS) is 1. The van der Waals surface area contributed by atoms with E-state index in [1.807, 2.05) is 25.1 Å². The van der Waals surface area contributed by atoms with Gasteiger partial charge in [-0.15, -0.1) is 0 Å². The van der Waals surface area contributed by atoms with Crippen molar-refractivity contribution in [1.82, 2.24) is 5.32 Å². The largest absolute Gasteiger partial charge is 0.480 e. The number of ether oxygens (including phenoxy) is 2. The molecule has 0 spiro atoms. The molecule has 1 amide bonds. The number of carbonyl (C=O) groups excluding carboxylic acids is 1. The molecule has 1 aromatic rings. The quantitative estimate of drug-likeness (QED) is 0.593.